The fourth-order valence-electron chi connectivity index (χ4n) is 4.67. The molecule has 1 unspecified atom stereocenters. The summed E-state index contributed by atoms with van der Waals surface area (Å²) in [7, 11) is 0. The Morgan fingerprint density at radius 3 is 2.69 bits per heavy atom. The third-order valence-corrected chi connectivity index (χ3v) is 6.36. The maximum Gasteiger partial charge on any atom is 0.277 e. The molecule has 0 saturated heterocycles. The fraction of sp³-hybridized carbons (Fsp3) is 0.440. The highest BCUT2D eigenvalue weighted by Gasteiger charge is 2.37. The molecule has 0 aliphatic carbocycles. The van der Waals surface area contributed by atoms with Gasteiger partial charge in [-0.05, 0) is 94.0 Å². The number of ether oxygens (including phenoxy) is 1. The highest BCUT2D eigenvalue weighted by Crippen LogP contribution is 2.45. The number of carbonyl (C=O) groups excluding carboxylic acids is 1. The molecule has 2 aromatic rings. The van der Waals surface area contributed by atoms with E-state index < -0.39 is 0 Å². The van der Waals surface area contributed by atoms with E-state index in [2.05, 4.69) is 69.1 Å². The molecule has 0 saturated carbocycles. The van der Waals surface area contributed by atoms with E-state index in [4.69, 9.17) is 27.9 Å². The smallest absolute Gasteiger partial charge is 0.277 e. The number of halogens is 2. The molecule has 0 radical (unpaired) electrons. The molecule has 1 aliphatic rings. The molecule has 7 heteroatoms. The standard InChI is InChI=1S/C25H31Cl2N3O2/c1-15(2)30-22-9-16(3)18(10-20(22)17(4)12-25(30,5)6)13-28-29-24(31)14-32-23-8-7-19(26)11-21(23)27/h7-11,13,15,17H,12,14H2,1-6H3,(H,29,31)/b28-13-. The van der Waals surface area contributed by atoms with Gasteiger partial charge in [0.25, 0.3) is 5.91 Å². The number of hydrazone groups is 1. The average molecular weight is 476 g/mol. The first-order valence-corrected chi connectivity index (χ1v) is 11.6. The number of hydrogen-bond donors (Lipinski definition) is 1. The van der Waals surface area contributed by atoms with Gasteiger partial charge in [-0.3, -0.25) is 4.79 Å². The van der Waals surface area contributed by atoms with Crippen molar-refractivity contribution in [2.75, 3.05) is 11.5 Å². The molecule has 5 nitrogen and oxygen atoms in total. The zero-order chi connectivity index (χ0) is 23.6. The minimum atomic E-state index is -0.371. The molecule has 0 aromatic heterocycles. The number of benzene rings is 2. The molecular formula is C25H31Cl2N3O2. The molecule has 172 valence electrons. The molecule has 32 heavy (non-hydrogen) atoms. The van der Waals surface area contributed by atoms with E-state index >= 15 is 0 Å². The summed E-state index contributed by atoms with van der Waals surface area (Å²) in [4.78, 5) is 14.6. The van der Waals surface area contributed by atoms with Crippen LogP contribution in [0.15, 0.2) is 35.4 Å². The molecule has 0 spiro atoms. The van der Waals surface area contributed by atoms with E-state index in [1.165, 1.54) is 11.3 Å². The van der Waals surface area contributed by atoms with Crippen molar-refractivity contribution in [3.8, 4) is 5.75 Å². The van der Waals surface area contributed by atoms with Crippen molar-refractivity contribution in [3.05, 3.63) is 57.1 Å². The van der Waals surface area contributed by atoms with Gasteiger partial charge in [-0.15, -0.1) is 0 Å². The molecule has 1 atom stereocenters. The average Bonchev–Trinajstić information content (AvgIpc) is 2.67. The topological polar surface area (TPSA) is 53.9 Å². The van der Waals surface area contributed by atoms with Gasteiger partial charge in [0.15, 0.2) is 6.61 Å². The number of anilines is 1. The van der Waals surface area contributed by atoms with Crippen LogP contribution in [-0.4, -0.2) is 30.3 Å². The number of hydrogen-bond acceptors (Lipinski definition) is 4. The van der Waals surface area contributed by atoms with Gasteiger partial charge in [-0.25, -0.2) is 5.43 Å². The highest BCUT2D eigenvalue weighted by molar-refractivity contribution is 6.35. The highest BCUT2D eigenvalue weighted by atomic mass is 35.5. The summed E-state index contributed by atoms with van der Waals surface area (Å²) in [6.07, 6.45) is 2.77. The summed E-state index contributed by atoms with van der Waals surface area (Å²) in [5, 5.41) is 4.99. The monoisotopic (exact) mass is 475 g/mol. The van der Waals surface area contributed by atoms with Crippen molar-refractivity contribution in [3.63, 3.8) is 0 Å². The van der Waals surface area contributed by atoms with Gasteiger partial charge in [0.2, 0.25) is 0 Å². The van der Waals surface area contributed by atoms with Crippen molar-refractivity contribution in [1.82, 2.24) is 5.43 Å². The summed E-state index contributed by atoms with van der Waals surface area (Å²) >= 11 is 11.9. The van der Waals surface area contributed by atoms with Crippen LogP contribution >= 0.6 is 23.2 Å². The van der Waals surface area contributed by atoms with Gasteiger partial charge >= 0.3 is 0 Å². The van der Waals surface area contributed by atoms with E-state index in [0.717, 1.165) is 17.5 Å². The van der Waals surface area contributed by atoms with E-state index in [-0.39, 0.29) is 18.1 Å². The molecule has 3 rings (SSSR count). The van der Waals surface area contributed by atoms with E-state index in [0.29, 0.717) is 27.8 Å². The van der Waals surface area contributed by atoms with Crippen LogP contribution in [0.3, 0.4) is 0 Å². The lowest BCUT2D eigenvalue weighted by atomic mass is 9.78. The molecule has 1 N–H and O–H groups in total. The van der Waals surface area contributed by atoms with Gasteiger partial charge in [-0.2, -0.15) is 5.10 Å². The molecule has 1 heterocycles. The van der Waals surface area contributed by atoms with Gasteiger partial charge in [-0.1, -0.05) is 30.1 Å². The minimum Gasteiger partial charge on any atom is -0.482 e. The Morgan fingerprint density at radius 1 is 1.31 bits per heavy atom. The Balaban J connectivity index is 1.70. The second kappa shape index (κ2) is 9.72. The largest absolute Gasteiger partial charge is 0.482 e. The van der Waals surface area contributed by atoms with Crippen LogP contribution in [0.2, 0.25) is 10.0 Å². The summed E-state index contributed by atoms with van der Waals surface area (Å²) < 4.78 is 5.44. The first kappa shape index (κ1) is 24.4. The Morgan fingerprint density at radius 2 is 2.03 bits per heavy atom. The Labute approximate surface area is 200 Å². The quantitative estimate of drug-likeness (QED) is 0.392. The zero-order valence-corrected chi connectivity index (χ0v) is 21.0. The number of aryl methyl sites for hydroxylation is 1. The van der Waals surface area contributed by atoms with Crippen LogP contribution in [0.1, 0.15) is 63.6 Å². The minimum absolute atomic E-state index is 0.101. The summed E-state index contributed by atoms with van der Waals surface area (Å²) in [5.41, 5.74) is 7.32. The normalized spacial score (nSPS) is 17.5. The van der Waals surface area contributed by atoms with Gasteiger partial charge in [0, 0.05) is 22.3 Å². The van der Waals surface area contributed by atoms with Gasteiger partial charge in [0.05, 0.1) is 11.2 Å². The van der Waals surface area contributed by atoms with E-state index in [1.54, 1.807) is 24.4 Å². The van der Waals surface area contributed by atoms with Gasteiger partial charge in [0.1, 0.15) is 5.75 Å². The molecule has 0 fully saturated rings. The first-order chi connectivity index (χ1) is 15.0. The Kier molecular flexibility index (Phi) is 7.41. The van der Waals surface area contributed by atoms with Crippen LogP contribution in [0.4, 0.5) is 5.69 Å². The van der Waals surface area contributed by atoms with Crippen molar-refractivity contribution in [1.29, 1.82) is 0 Å². The Hall–Kier alpha value is -2.24. The molecule has 1 amide bonds. The molecule has 1 aliphatic heterocycles. The summed E-state index contributed by atoms with van der Waals surface area (Å²) in [6, 6.07) is 9.68. The van der Waals surface area contributed by atoms with Crippen LogP contribution in [0, 0.1) is 6.92 Å². The number of fused-ring (bicyclic) bond motifs is 1. The molecule has 0 bridgehead atoms. The summed E-state index contributed by atoms with van der Waals surface area (Å²) in [5.74, 6) is 0.464. The number of nitrogens with one attached hydrogen (secondary N) is 1. The Bertz CT molecular complexity index is 1030. The van der Waals surface area contributed by atoms with E-state index in [1.807, 2.05) is 0 Å². The zero-order valence-electron chi connectivity index (χ0n) is 19.5. The lowest BCUT2D eigenvalue weighted by Gasteiger charge is -2.50. The van der Waals surface area contributed by atoms with E-state index in [9.17, 15) is 4.79 Å². The lowest BCUT2D eigenvalue weighted by molar-refractivity contribution is -0.123. The van der Waals surface area contributed by atoms with Crippen molar-refractivity contribution in [2.24, 2.45) is 5.10 Å². The van der Waals surface area contributed by atoms with Crippen LogP contribution < -0.4 is 15.1 Å². The maximum absolute atomic E-state index is 12.1. The number of nitrogens with zero attached hydrogens (tertiary/aromatic N) is 2. The predicted octanol–water partition coefficient (Wildman–Crippen LogP) is 6.33. The SMILES string of the molecule is Cc1cc2c(cc1/C=N\NC(=O)COc1ccc(Cl)cc1Cl)C(C)CC(C)(C)N2C(C)C. The third kappa shape index (κ3) is 5.38. The van der Waals surface area contributed by atoms with Crippen LogP contribution in [0.5, 0.6) is 5.75 Å². The van der Waals surface area contributed by atoms with Crippen LogP contribution in [0.25, 0.3) is 0 Å². The number of amides is 1. The second-order valence-corrected chi connectivity index (χ2v) is 10.1. The van der Waals surface area contributed by atoms with Crippen molar-refractivity contribution >= 4 is 41.0 Å². The summed E-state index contributed by atoms with van der Waals surface area (Å²) in [6.45, 7) is 13.2. The van der Waals surface area contributed by atoms with Gasteiger partial charge < -0.3 is 9.64 Å². The lowest BCUT2D eigenvalue weighted by Crippen LogP contribution is -2.51. The predicted molar refractivity (Wildman–Crippen MR) is 134 cm³/mol. The third-order valence-electron chi connectivity index (χ3n) is 5.83. The first-order valence-electron chi connectivity index (χ1n) is 10.8. The maximum atomic E-state index is 12.1. The second-order valence-electron chi connectivity index (χ2n) is 9.31. The number of rotatable bonds is 6. The van der Waals surface area contributed by atoms with Crippen molar-refractivity contribution in [2.45, 2.75) is 65.5 Å². The van der Waals surface area contributed by atoms with Crippen molar-refractivity contribution < 1.29 is 9.53 Å². The molecule has 2 aromatic carbocycles. The molecular weight excluding hydrogens is 445 g/mol. The fourth-order valence-corrected chi connectivity index (χ4v) is 5.14. The number of carbonyl (C=O) groups is 1. The van der Waals surface area contributed by atoms with Crippen LogP contribution in [-0.2, 0) is 4.79 Å².